The lowest BCUT2D eigenvalue weighted by Gasteiger charge is -2.46. The lowest BCUT2D eigenvalue weighted by molar-refractivity contribution is -0.143. The standard InChI is InChI=1S/C8H12INO2/c9-3-6-1-2-8(4-12-5-8)10-7(6)11/h6H,1-5H2,(H,10,11)/t6-/m0/s1. The molecule has 0 aromatic carbocycles. The molecular formula is C8H12INO2. The van der Waals surface area contributed by atoms with Crippen LogP contribution in [-0.4, -0.2) is 29.1 Å². The normalized spacial score (nSPS) is 32.8. The van der Waals surface area contributed by atoms with Gasteiger partial charge < -0.3 is 10.1 Å². The number of ether oxygens (including phenoxy) is 1. The van der Waals surface area contributed by atoms with Crippen LogP contribution in [-0.2, 0) is 9.53 Å². The van der Waals surface area contributed by atoms with Gasteiger partial charge in [-0.25, -0.2) is 0 Å². The molecule has 0 bridgehead atoms. The average molecular weight is 281 g/mol. The van der Waals surface area contributed by atoms with E-state index in [9.17, 15) is 4.79 Å². The Bertz CT molecular complexity index is 203. The minimum atomic E-state index is 0.0272. The summed E-state index contributed by atoms with van der Waals surface area (Å²) in [7, 11) is 0. The second-order valence-corrected chi connectivity index (χ2v) is 4.53. The van der Waals surface area contributed by atoms with Crippen molar-refractivity contribution in [1.29, 1.82) is 0 Å². The average Bonchev–Trinajstić information content (AvgIpc) is 2.01. The van der Waals surface area contributed by atoms with Gasteiger partial charge in [0, 0.05) is 10.3 Å². The van der Waals surface area contributed by atoms with Crippen LogP contribution in [0.3, 0.4) is 0 Å². The Balaban J connectivity index is 1.98. The number of alkyl halides is 1. The Morgan fingerprint density at radius 2 is 2.42 bits per heavy atom. The molecule has 0 saturated carbocycles. The summed E-state index contributed by atoms with van der Waals surface area (Å²) < 4.78 is 6.05. The quantitative estimate of drug-likeness (QED) is 0.568. The lowest BCUT2D eigenvalue weighted by Crippen LogP contribution is -2.65. The second-order valence-electron chi connectivity index (χ2n) is 3.65. The number of nitrogens with one attached hydrogen (secondary N) is 1. The molecule has 1 atom stereocenters. The summed E-state index contributed by atoms with van der Waals surface area (Å²) in [6.45, 7) is 1.43. The number of carbonyl (C=O) groups is 1. The highest BCUT2D eigenvalue weighted by molar-refractivity contribution is 14.1. The van der Waals surface area contributed by atoms with Crippen LogP contribution in [0.1, 0.15) is 12.8 Å². The van der Waals surface area contributed by atoms with Gasteiger partial charge in [0.2, 0.25) is 5.91 Å². The van der Waals surface area contributed by atoms with Crippen molar-refractivity contribution in [1.82, 2.24) is 5.32 Å². The van der Waals surface area contributed by atoms with Crippen molar-refractivity contribution >= 4 is 28.5 Å². The Morgan fingerprint density at radius 3 is 2.83 bits per heavy atom. The molecule has 0 aromatic heterocycles. The third-order valence-corrected chi connectivity index (χ3v) is 3.74. The van der Waals surface area contributed by atoms with Crippen LogP contribution in [0.5, 0.6) is 0 Å². The van der Waals surface area contributed by atoms with Crippen molar-refractivity contribution in [2.24, 2.45) is 5.92 Å². The topological polar surface area (TPSA) is 38.3 Å². The zero-order valence-electron chi connectivity index (χ0n) is 6.81. The number of hydrogen-bond acceptors (Lipinski definition) is 2. The van der Waals surface area contributed by atoms with Crippen molar-refractivity contribution in [2.75, 3.05) is 17.6 Å². The van der Waals surface area contributed by atoms with Gasteiger partial charge in [0.25, 0.3) is 0 Å². The molecule has 2 saturated heterocycles. The molecule has 3 nitrogen and oxygen atoms in total. The summed E-state index contributed by atoms with van der Waals surface area (Å²) in [6, 6.07) is 0. The molecule has 2 fully saturated rings. The fourth-order valence-electron chi connectivity index (χ4n) is 1.72. The van der Waals surface area contributed by atoms with E-state index < -0.39 is 0 Å². The molecule has 0 radical (unpaired) electrons. The van der Waals surface area contributed by atoms with Crippen LogP contribution in [0.25, 0.3) is 0 Å². The first-order chi connectivity index (χ1) is 5.76. The van der Waals surface area contributed by atoms with Crippen LogP contribution in [0.4, 0.5) is 0 Å². The summed E-state index contributed by atoms with van der Waals surface area (Å²) >= 11 is 2.27. The van der Waals surface area contributed by atoms with E-state index in [1.54, 1.807) is 0 Å². The van der Waals surface area contributed by atoms with Gasteiger partial charge in [0.1, 0.15) is 0 Å². The van der Waals surface area contributed by atoms with Crippen LogP contribution in [0.15, 0.2) is 0 Å². The van der Waals surface area contributed by atoms with Crippen LogP contribution in [0, 0.1) is 5.92 Å². The molecule has 68 valence electrons. The largest absolute Gasteiger partial charge is 0.376 e. The van der Waals surface area contributed by atoms with Gasteiger partial charge in [-0.1, -0.05) is 22.6 Å². The van der Waals surface area contributed by atoms with E-state index in [4.69, 9.17) is 4.74 Å². The lowest BCUT2D eigenvalue weighted by atomic mass is 9.83. The number of hydrogen-bond donors (Lipinski definition) is 1. The van der Waals surface area contributed by atoms with Crippen molar-refractivity contribution in [2.45, 2.75) is 18.4 Å². The molecule has 1 N–H and O–H groups in total. The van der Waals surface area contributed by atoms with Crippen molar-refractivity contribution in [3.05, 3.63) is 0 Å². The highest BCUT2D eigenvalue weighted by atomic mass is 127. The van der Waals surface area contributed by atoms with E-state index in [1.165, 1.54) is 0 Å². The van der Waals surface area contributed by atoms with E-state index in [1.807, 2.05) is 0 Å². The number of piperidine rings is 1. The zero-order chi connectivity index (χ0) is 8.60. The van der Waals surface area contributed by atoms with E-state index >= 15 is 0 Å². The molecule has 2 heterocycles. The summed E-state index contributed by atoms with van der Waals surface area (Å²) in [4.78, 5) is 11.5. The van der Waals surface area contributed by atoms with E-state index in [2.05, 4.69) is 27.9 Å². The molecule has 0 aromatic rings. The maximum Gasteiger partial charge on any atom is 0.224 e. The third-order valence-electron chi connectivity index (χ3n) is 2.67. The number of halogens is 1. The minimum absolute atomic E-state index is 0.0272. The first kappa shape index (κ1) is 8.74. The third kappa shape index (κ3) is 1.35. The monoisotopic (exact) mass is 281 g/mol. The van der Waals surface area contributed by atoms with Crippen molar-refractivity contribution in [3.8, 4) is 0 Å². The molecule has 2 rings (SSSR count). The molecule has 0 aliphatic carbocycles. The van der Waals surface area contributed by atoms with Gasteiger partial charge in [-0.3, -0.25) is 4.79 Å². The molecular weight excluding hydrogens is 269 g/mol. The number of carbonyl (C=O) groups excluding carboxylic acids is 1. The van der Waals surface area contributed by atoms with Gasteiger partial charge in [0.05, 0.1) is 18.8 Å². The highest BCUT2D eigenvalue weighted by Gasteiger charge is 2.44. The fraction of sp³-hybridized carbons (Fsp3) is 0.875. The van der Waals surface area contributed by atoms with Crippen molar-refractivity contribution in [3.63, 3.8) is 0 Å². The maximum absolute atomic E-state index is 11.5. The highest BCUT2D eigenvalue weighted by Crippen LogP contribution is 2.30. The maximum atomic E-state index is 11.5. The predicted molar refractivity (Wildman–Crippen MR) is 53.3 cm³/mol. The molecule has 4 heteroatoms. The Morgan fingerprint density at radius 1 is 1.67 bits per heavy atom. The molecule has 1 spiro atoms. The summed E-state index contributed by atoms with van der Waals surface area (Å²) in [6.07, 6.45) is 2.12. The summed E-state index contributed by atoms with van der Waals surface area (Å²) in [5, 5.41) is 3.06. The minimum Gasteiger partial charge on any atom is -0.376 e. The van der Waals surface area contributed by atoms with Crippen molar-refractivity contribution < 1.29 is 9.53 Å². The van der Waals surface area contributed by atoms with Gasteiger partial charge in [-0.15, -0.1) is 0 Å². The summed E-state index contributed by atoms with van der Waals surface area (Å²) in [5.74, 6) is 0.454. The van der Waals surface area contributed by atoms with E-state index in [0.717, 1.165) is 17.3 Å². The molecule has 1 amide bonds. The second kappa shape index (κ2) is 3.14. The molecule has 12 heavy (non-hydrogen) atoms. The number of amides is 1. The Labute approximate surface area is 85.4 Å². The van der Waals surface area contributed by atoms with E-state index in [-0.39, 0.29) is 17.4 Å². The smallest absolute Gasteiger partial charge is 0.224 e. The molecule has 0 unspecified atom stereocenters. The van der Waals surface area contributed by atoms with Gasteiger partial charge >= 0.3 is 0 Å². The zero-order valence-corrected chi connectivity index (χ0v) is 8.96. The molecule has 2 aliphatic heterocycles. The van der Waals surface area contributed by atoms with E-state index in [0.29, 0.717) is 13.2 Å². The van der Waals surface area contributed by atoms with Crippen LogP contribution < -0.4 is 5.32 Å². The first-order valence-corrected chi connectivity index (χ1v) is 5.74. The van der Waals surface area contributed by atoms with Gasteiger partial charge in [-0.05, 0) is 12.8 Å². The van der Waals surface area contributed by atoms with Gasteiger partial charge in [0.15, 0.2) is 0 Å². The first-order valence-electron chi connectivity index (χ1n) is 4.21. The molecule has 2 aliphatic rings. The SMILES string of the molecule is O=C1NC2(CC[C@H]1CI)COC2. The van der Waals surface area contributed by atoms with Gasteiger partial charge in [-0.2, -0.15) is 0 Å². The predicted octanol–water partition coefficient (Wildman–Crippen LogP) is 0.717. The van der Waals surface area contributed by atoms with Crippen LogP contribution in [0.2, 0.25) is 0 Å². The Hall–Kier alpha value is 0.160. The summed E-state index contributed by atoms with van der Waals surface area (Å²) in [5.41, 5.74) is 0.0272. The van der Waals surface area contributed by atoms with Crippen LogP contribution >= 0.6 is 22.6 Å². The Kier molecular flexibility index (Phi) is 2.29. The fourth-order valence-corrected chi connectivity index (χ4v) is 2.56. The number of rotatable bonds is 1.